The third-order valence-corrected chi connectivity index (χ3v) is 7.30. The number of rotatable bonds is 7. The molecule has 0 spiro atoms. The van der Waals surface area contributed by atoms with E-state index in [1.165, 1.54) is 17.4 Å². The van der Waals surface area contributed by atoms with E-state index >= 15 is 0 Å². The molecular formula is C15H24N2O3S2. The summed E-state index contributed by atoms with van der Waals surface area (Å²) < 4.78 is 23.7. The minimum Gasteiger partial charge on any atom is -0.354 e. The standard InChI is InChI=1S/C15H24N2O3S2/c1-3-10-22(19,20)12(2)15(18)16-6-8-17-7-4-14-13(11-17)5-9-21-14/h5,9,12H,3-4,6-8,10-11H2,1-2H3,(H,16,18)/t12-/m0/s1. The average molecular weight is 345 g/mol. The topological polar surface area (TPSA) is 66.5 Å². The van der Waals surface area contributed by atoms with Crippen LogP contribution in [-0.2, 0) is 27.6 Å². The number of carbonyl (C=O) groups excluding carboxylic acids is 1. The summed E-state index contributed by atoms with van der Waals surface area (Å²) in [4.78, 5) is 15.7. The number of hydrogen-bond donors (Lipinski definition) is 1. The summed E-state index contributed by atoms with van der Waals surface area (Å²) >= 11 is 1.80. The molecule has 1 aliphatic rings. The van der Waals surface area contributed by atoms with Crippen LogP contribution in [0.4, 0.5) is 0 Å². The van der Waals surface area contributed by atoms with Crippen molar-refractivity contribution in [3.05, 3.63) is 21.9 Å². The van der Waals surface area contributed by atoms with E-state index in [1.807, 2.05) is 0 Å². The van der Waals surface area contributed by atoms with Crippen molar-refractivity contribution >= 4 is 27.1 Å². The highest BCUT2D eigenvalue weighted by atomic mass is 32.2. The molecule has 2 rings (SSSR count). The normalized spacial score (nSPS) is 17.0. The van der Waals surface area contributed by atoms with Gasteiger partial charge < -0.3 is 5.32 Å². The van der Waals surface area contributed by atoms with E-state index in [4.69, 9.17) is 0 Å². The summed E-state index contributed by atoms with van der Waals surface area (Å²) in [5.74, 6) is -0.323. The molecule has 22 heavy (non-hydrogen) atoms. The lowest BCUT2D eigenvalue weighted by atomic mass is 10.1. The van der Waals surface area contributed by atoms with E-state index in [1.54, 1.807) is 18.3 Å². The largest absolute Gasteiger partial charge is 0.354 e. The minimum absolute atomic E-state index is 0.0641. The molecule has 0 aromatic carbocycles. The van der Waals surface area contributed by atoms with Crippen LogP contribution in [0.5, 0.6) is 0 Å². The van der Waals surface area contributed by atoms with E-state index < -0.39 is 15.1 Å². The van der Waals surface area contributed by atoms with Crippen molar-refractivity contribution in [1.82, 2.24) is 10.2 Å². The van der Waals surface area contributed by atoms with Crippen molar-refractivity contribution in [1.29, 1.82) is 0 Å². The number of nitrogens with zero attached hydrogens (tertiary/aromatic N) is 1. The maximum Gasteiger partial charge on any atom is 0.238 e. The van der Waals surface area contributed by atoms with Gasteiger partial charge in [0.1, 0.15) is 5.25 Å². The third-order valence-electron chi connectivity index (χ3n) is 4.01. The number of amides is 1. The summed E-state index contributed by atoms with van der Waals surface area (Å²) in [5, 5.41) is 3.92. The Hall–Kier alpha value is -0.920. The first kappa shape index (κ1) is 17.4. The van der Waals surface area contributed by atoms with E-state index in [2.05, 4.69) is 21.7 Å². The highest BCUT2D eigenvalue weighted by Crippen LogP contribution is 2.23. The highest BCUT2D eigenvalue weighted by molar-refractivity contribution is 7.92. The number of fused-ring (bicyclic) bond motifs is 1. The van der Waals surface area contributed by atoms with Crippen LogP contribution in [0.2, 0.25) is 0 Å². The second-order valence-electron chi connectivity index (χ2n) is 5.70. The van der Waals surface area contributed by atoms with Gasteiger partial charge in [-0.1, -0.05) is 6.92 Å². The van der Waals surface area contributed by atoms with Gasteiger partial charge in [-0.3, -0.25) is 9.69 Å². The van der Waals surface area contributed by atoms with E-state index in [0.29, 0.717) is 13.0 Å². The van der Waals surface area contributed by atoms with Crippen LogP contribution in [0.25, 0.3) is 0 Å². The lowest BCUT2D eigenvalue weighted by Crippen LogP contribution is -2.43. The number of hydrogen-bond acceptors (Lipinski definition) is 5. The summed E-state index contributed by atoms with van der Waals surface area (Å²) in [6.07, 6.45) is 1.60. The zero-order valence-corrected chi connectivity index (χ0v) is 14.8. The minimum atomic E-state index is -3.32. The highest BCUT2D eigenvalue weighted by Gasteiger charge is 2.26. The van der Waals surface area contributed by atoms with Crippen molar-refractivity contribution < 1.29 is 13.2 Å². The van der Waals surface area contributed by atoms with Crippen LogP contribution < -0.4 is 5.32 Å². The first-order chi connectivity index (χ1) is 10.4. The summed E-state index contributed by atoms with van der Waals surface area (Å²) in [7, 11) is -3.32. The first-order valence-corrected chi connectivity index (χ1v) is 10.3. The molecule has 0 bridgehead atoms. The van der Waals surface area contributed by atoms with Gasteiger partial charge in [-0.15, -0.1) is 11.3 Å². The molecule has 1 amide bonds. The molecule has 0 saturated heterocycles. The van der Waals surface area contributed by atoms with E-state index in [9.17, 15) is 13.2 Å². The molecule has 5 nitrogen and oxygen atoms in total. The summed E-state index contributed by atoms with van der Waals surface area (Å²) in [6.45, 7) is 6.42. The Kier molecular flexibility index (Phi) is 6.00. The molecule has 1 aliphatic heterocycles. The Morgan fingerprint density at radius 1 is 1.50 bits per heavy atom. The fourth-order valence-corrected chi connectivity index (χ4v) is 4.82. The van der Waals surface area contributed by atoms with Crippen molar-refractivity contribution in [3.8, 4) is 0 Å². The number of carbonyl (C=O) groups is 1. The second-order valence-corrected chi connectivity index (χ2v) is 9.14. The predicted octanol–water partition coefficient (Wildman–Crippen LogP) is 1.44. The van der Waals surface area contributed by atoms with Crippen LogP contribution in [0.3, 0.4) is 0 Å². The molecule has 0 unspecified atom stereocenters. The Morgan fingerprint density at radius 3 is 3.00 bits per heavy atom. The zero-order valence-electron chi connectivity index (χ0n) is 13.2. The van der Waals surface area contributed by atoms with Gasteiger partial charge in [0.25, 0.3) is 0 Å². The maximum absolute atomic E-state index is 12.0. The van der Waals surface area contributed by atoms with E-state index in [-0.39, 0.29) is 11.7 Å². The van der Waals surface area contributed by atoms with Gasteiger partial charge in [0.2, 0.25) is 5.91 Å². The quantitative estimate of drug-likeness (QED) is 0.813. The van der Waals surface area contributed by atoms with Crippen LogP contribution in [0.1, 0.15) is 30.7 Å². The molecule has 0 fully saturated rings. The van der Waals surface area contributed by atoms with Crippen molar-refractivity contribution in [3.63, 3.8) is 0 Å². The Morgan fingerprint density at radius 2 is 2.27 bits per heavy atom. The first-order valence-electron chi connectivity index (χ1n) is 7.71. The van der Waals surface area contributed by atoms with Gasteiger partial charge in [-0.05, 0) is 36.8 Å². The molecule has 0 aliphatic carbocycles. The van der Waals surface area contributed by atoms with E-state index in [0.717, 1.165) is 26.1 Å². The lowest BCUT2D eigenvalue weighted by molar-refractivity contribution is -0.120. The van der Waals surface area contributed by atoms with Gasteiger partial charge in [0.15, 0.2) is 9.84 Å². The SMILES string of the molecule is CCCS(=O)(=O)[C@@H](C)C(=O)NCCN1CCc2sccc2C1. The molecule has 0 saturated carbocycles. The molecule has 2 heterocycles. The molecule has 0 radical (unpaired) electrons. The van der Waals surface area contributed by atoms with Crippen molar-refractivity contribution in [2.75, 3.05) is 25.4 Å². The lowest BCUT2D eigenvalue weighted by Gasteiger charge is -2.26. The molecule has 124 valence electrons. The van der Waals surface area contributed by atoms with Crippen molar-refractivity contribution in [2.45, 2.75) is 38.5 Å². The van der Waals surface area contributed by atoms with Crippen LogP contribution in [0.15, 0.2) is 11.4 Å². The fraction of sp³-hybridized carbons (Fsp3) is 0.667. The molecule has 1 N–H and O–H groups in total. The maximum atomic E-state index is 12.0. The van der Waals surface area contributed by atoms with Crippen LogP contribution in [-0.4, -0.2) is 49.9 Å². The Bertz CT molecular complexity index is 610. The molecule has 1 atom stereocenters. The average Bonchev–Trinajstić information content (AvgIpc) is 2.93. The number of thiophene rings is 1. The summed E-state index contributed by atoms with van der Waals surface area (Å²) in [6, 6.07) is 2.16. The van der Waals surface area contributed by atoms with Gasteiger partial charge in [0, 0.05) is 31.1 Å². The molecular weight excluding hydrogens is 320 g/mol. The number of nitrogens with one attached hydrogen (secondary N) is 1. The third kappa shape index (κ3) is 4.30. The van der Waals surface area contributed by atoms with Crippen LogP contribution in [0, 0.1) is 0 Å². The van der Waals surface area contributed by atoms with Gasteiger partial charge in [0.05, 0.1) is 5.75 Å². The summed E-state index contributed by atoms with van der Waals surface area (Å²) in [5.41, 5.74) is 1.38. The van der Waals surface area contributed by atoms with Crippen LogP contribution >= 0.6 is 11.3 Å². The Balaban J connectivity index is 1.76. The van der Waals surface area contributed by atoms with Gasteiger partial charge in [-0.2, -0.15) is 0 Å². The molecule has 1 aromatic heterocycles. The molecule has 7 heteroatoms. The van der Waals surface area contributed by atoms with Gasteiger partial charge >= 0.3 is 0 Å². The second kappa shape index (κ2) is 7.57. The predicted molar refractivity (Wildman–Crippen MR) is 89.8 cm³/mol. The smallest absolute Gasteiger partial charge is 0.238 e. The van der Waals surface area contributed by atoms with Gasteiger partial charge in [-0.25, -0.2) is 8.42 Å². The molecule has 1 aromatic rings. The fourth-order valence-electron chi connectivity index (χ4n) is 2.60. The monoisotopic (exact) mass is 344 g/mol. The van der Waals surface area contributed by atoms with Crippen molar-refractivity contribution in [2.24, 2.45) is 0 Å². The Labute approximate surface area is 136 Å². The number of sulfone groups is 1. The zero-order chi connectivity index (χ0) is 16.2.